The highest BCUT2D eigenvalue weighted by molar-refractivity contribution is 5.86. The Bertz CT molecular complexity index is 1230. The van der Waals surface area contributed by atoms with E-state index in [2.05, 4.69) is 19.9 Å². The zero-order chi connectivity index (χ0) is 22.5. The molecule has 4 aromatic rings. The SMILES string of the molecule is COC(=O)c1coc(COc2cccc(-c3noc(-c4ccc(OC)cc4OC)n3)c2)n1. The number of aromatic nitrogens is 3. The molecule has 0 spiro atoms. The molecule has 0 unspecified atom stereocenters. The number of rotatable bonds is 8. The highest BCUT2D eigenvalue weighted by Gasteiger charge is 2.17. The first-order valence-electron chi connectivity index (χ1n) is 9.43. The van der Waals surface area contributed by atoms with Crippen molar-refractivity contribution < 1.29 is 32.7 Å². The van der Waals surface area contributed by atoms with Crippen molar-refractivity contribution in [3.63, 3.8) is 0 Å². The number of carbonyl (C=O) groups excluding carboxylic acids is 1. The van der Waals surface area contributed by atoms with Crippen molar-refractivity contribution >= 4 is 5.97 Å². The summed E-state index contributed by atoms with van der Waals surface area (Å²) in [7, 11) is 4.40. The van der Waals surface area contributed by atoms with Crippen LogP contribution in [0.3, 0.4) is 0 Å². The summed E-state index contributed by atoms with van der Waals surface area (Å²) in [4.78, 5) is 19.9. The molecule has 0 aliphatic heterocycles. The predicted molar refractivity (Wildman–Crippen MR) is 110 cm³/mol. The summed E-state index contributed by atoms with van der Waals surface area (Å²) in [5.74, 6) is 2.09. The molecular formula is C22H19N3O7. The lowest BCUT2D eigenvalue weighted by Crippen LogP contribution is -2.02. The maximum absolute atomic E-state index is 11.5. The Morgan fingerprint density at radius 3 is 2.66 bits per heavy atom. The number of oxazole rings is 1. The van der Waals surface area contributed by atoms with Crippen LogP contribution in [0.1, 0.15) is 16.4 Å². The van der Waals surface area contributed by atoms with Crippen molar-refractivity contribution in [1.29, 1.82) is 0 Å². The predicted octanol–water partition coefficient (Wildman–Crippen LogP) is 3.77. The Morgan fingerprint density at radius 2 is 1.88 bits per heavy atom. The van der Waals surface area contributed by atoms with Crippen LogP contribution in [0.15, 0.2) is 57.7 Å². The van der Waals surface area contributed by atoms with E-state index >= 15 is 0 Å². The van der Waals surface area contributed by atoms with Crippen LogP contribution in [0, 0.1) is 0 Å². The van der Waals surface area contributed by atoms with Gasteiger partial charge in [-0.15, -0.1) is 0 Å². The highest BCUT2D eigenvalue weighted by atomic mass is 16.5. The van der Waals surface area contributed by atoms with E-state index in [1.807, 2.05) is 6.07 Å². The smallest absolute Gasteiger partial charge is 0.360 e. The minimum absolute atomic E-state index is 0.0288. The molecule has 0 aliphatic carbocycles. The van der Waals surface area contributed by atoms with Gasteiger partial charge in [0.2, 0.25) is 11.7 Å². The van der Waals surface area contributed by atoms with E-state index in [9.17, 15) is 4.79 Å². The molecular weight excluding hydrogens is 418 g/mol. The molecule has 0 fully saturated rings. The van der Waals surface area contributed by atoms with Gasteiger partial charge in [0.1, 0.15) is 23.5 Å². The molecule has 0 atom stereocenters. The van der Waals surface area contributed by atoms with E-state index in [0.29, 0.717) is 40.1 Å². The molecule has 2 aromatic carbocycles. The number of nitrogens with zero attached hydrogens (tertiary/aromatic N) is 3. The van der Waals surface area contributed by atoms with Gasteiger partial charge < -0.3 is 27.9 Å². The first-order valence-corrected chi connectivity index (χ1v) is 9.43. The van der Waals surface area contributed by atoms with Gasteiger partial charge in [-0.2, -0.15) is 4.98 Å². The van der Waals surface area contributed by atoms with Crippen LogP contribution in [-0.2, 0) is 11.3 Å². The van der Waals surface area contributed by atoms with Gasteiger partial charge in [0.25, 0.3) is 5.89 Å². The molecule has 4 rings (SSSR count). The summed E-state index contributed by atoms with van der Waals surface area (Å²) >= 11 is 0. The van der Waals surface area contributed by atoms with Gasteiger partial charge in [-0.25, -0.2) is 9.78 Å². The molecule has 32 heavy (non-hydrogen) atoms. The van der Waals surface area contributed by atoms with Crippen LogP contribution in [0.25, 0.3) is 22.8 Å². The first kappa shape index (κ1) is 20.9. The van der Waals surface area contributed by atoms with Gasteiger partial charge in [0.15, 0.2) is 12.3 Å². The molecule has 0 saturated heterocycles. The Morgan fingerprint density at radius 1 is 1.00 bits per heavy atom. The van der Waals surface area contributed by atoms with Crippen LogP contribution < -0.4 is 14.2 Å². The summed E-state index contributed by atoms with van der Waals surface area (Å²) in [5.41, 5.74) is 1.41. The Balaban J connectivity index is 1.50. The third kappa shape index (κ3) is 4.38. The van der Waals surface area contributed by atoms with Gasteiger partial charge in [-0.1, -0.05) is 17.3 Å². The van der Waals surface area contributed by atoms with Gasteiger partial charge in [0.05, 0.1) is 26.9 Å². The molecule has 2 heterocycles. The minimum Gasteiger partial charge on any atom is -0.497 e. The molecule has 164 valence electrons. The number of hydrogen-bond donors (Lipinski definition) is 0. The summed E-state index contributed by atoms with van der Waals surface area (Å²) < 4.78 is 31.6. The Kier molecular flexibility index (Phi) is 6.02. The van der Waals surface area contributed by atoms with Crippen LogP contribution >= 0.6 is 0 Å². The first-order chi connectivity index (χ1) is 15.6. The van der Waals surface area contributed by atoms with E-state index in [1.165, 1.54) is 13.4 Å². The number of methoxy groups -OCH3 is 3. The molecule has 10 heteroatoms. The molecule has 2 aromatic heterocycles. The lowest BCUT2D eigenvalue weighted by Gasteiger charge is -2.07. The normalized spacial score (nSPS) is 10.6. The van der Waals surface area contributed by atoms with Crippen molar-refractivity contribution in [3.8, 4) is 40.1 Å². The van der Waals surface area contributed by atoms with E-state index in [4.69, 9.17) is 23.2 Å². The van der Waals surface area contributed by atoms with E-state index in [0.717, 1.165) is 0 Å². The van der Waals surface area contributed by atoms with Crippen molar-refractivity contribution in [2.75, 3.05) is 21.3 Å². The van der Waals surface area contributed by atoms with Crippen molar-refractivity contribution in [2.45, 2.75) is 6.61 Å². The van der Waals surface area contributed by atoms with Gasteiger partial charge in [-0.05, 0) is 24.3 Å². The monoisotopic (exact) mass is 437 g/mol. The molecule has 0 bridgehead atoms. The topological polar surface area (TPSA) is 119 Å². The summed E-state index contributed by atoms with van der Waals surface area (Å²) in [6.45, 7) is 0.0288. The molecule has 0 saturated carbocycles. The second kappa shape index (κ2) is 9.21. The molecule has 0 amide bonds. The molecule has 0 radical (unpaired) electrons. The lowest BCUT2D eigenvalue weighted by molar-refractivity contribution is 0.0594. The largest absolute Gasteiger partial charge is 0.497 e. The van der Waals surface area contributed by atoms with Gasteiger partial charge >= 0.3 is 5.97 Å². The second-order valence-corrected chi connectivity index (χ2v) is 6.42. The van der Waals surface area contributed by atoms with Crippen molar-refractivity contribution in [1.82, 2.24) is 15.1 Å². The fourth-order valence-electron chi connectivity index (χ4n) is 2.87. The average molecular weight is 437 g/mol. The number of carbonyl (C=O) groups is 1. The zero-order valence-electron chi connectivity index (χ0n) is 17.5. The Hall–Kier alpha value is -4.34. The van der Waals surface area contributed by atoms with Gasteiger partial charge in [0, 0.05) is 11.6 Å². The summed E-state index contributed by atoms with van der Waals surface area (Å²) in [5, 5.41) is 4.06. The number of hydrogen-bond acceptors (Lipinski definition) is 10. The highest BCUT2D eigenvalue weighted by Crippen LogP contribution is 2.33. The number of ether oxygens (including phenoxy) is 4. The van der Waals surface area contributed by atoms with E-state index in [1.54, 1.807) is 50.6 Å². The lowest BCUT2D eigenvalue weighted by atomic mass is 10.2. The van der Waals surface area contributed by atoms with Crippen LogP contribution in [0.4, 0.5) is 0 Å². The van der Waals surface area contributed by atoms with Crippen molar-refractivity contribution in [2.24, 2.45) is 0 Å². The third-order valence-electron chi connectivity index (χ3n) is 4.47. The van der Waals surface area contributed by atoms with Crippen LogP contribution in [0.5, 0.6) is 17.2 Å². The van der Waals surface area contributed by atoms with Crippen LogP contribution in [-0.4, -0.2) is 42.4 Å². The quantitative estimate of drug-likeness (QED) is 0.377. The minimum atomic E-state index is -0.580. The number of benzene rings is 2. The number of esters is 1. The summed E-state index contributed by atoms with van der Waals surface area (Å²) in [6, 6.07) is 12.4. The second-order valence-electron chi connectivity index (χ2n) is 6.42. The summed E-state index contributed by atoms with van der Waals surface area (Å²) in [6.07, 6.45) is 1.22. The Labute approximate surface area is 182 Å². The van der Waals surface area contributed by atoms with Crippen molar-refractivity contribution in [3.05, 3.63) is 60.3 Å². The maximum Gasteiger partial charge on any atom is 0.360 e. The fourth-order valence-corrected chi connectivity index (χ4v) is 2.87. The molecule has 0 aliphatic rings. The third-order valence-corrected chi connectivity index (χ3v) is 4.47. The van der Waals surface area contributed by atoms with E-state index < -0.39 is 5.97 Å². The molecule has 10 nitrogen and oxygen atoms in total. The van der Waals surface area contributed by atoms with Crippen LogP contribution in [0.2, 0.25) is 0 Å². The average Bonchev–Trinajstić information content (AvgIpc) is 3.52. The standard InChI is InChI=1S/C22H19N3O7/c1-27-14-7-8-16(18(10-14)28-2)21-24-20(25-32-21)13-5-4-6-15(9-13)30-12-19-23-17(11-31-19)22(26)29-3/h4-11H,12H2,1-3H3. The fraction of sp³-hybridized carbons (Fsp3) is 0.182. The maximum atomic E-state index is 11.5. The molecule has 0 N–H and O–H groups in total. The van der Waals surface area contributed by atoms with Gasteiger partial charge in [-0.3, -0.25) is 0 Å². The van der Waals surface area contributed by atoms with E-state index in [-0.39, 0.29) is 18.2 Å². The zero-order valence-corrected chi connectivity index (χ0v) is 17.5.